The molecule has 2 heteroatoms. The summed E-state index contributed by atoms with van der Waals surface area (Å²) < 4.78 is 0. The highest BCUT2D eigenvalue weighted by Crippen LogP contribution is 2.17. The third kappa shape index (κ3) is 2.62. The molecule has 0 aliphatic carbocycles. The summed E-state index contributed by atoms with van der Waals surface area (Å²) in [4.78, 5) is 7.37. The van der Waals surface area contributed by atoms with Gasteiger partial charge in [-0.25, -0.2) is 4.98 Å². The van der Waals surface area contributed by atoms with Crippen LogP contribution < -0.4 is 0 Å². The summed E-state index contributed by atoms with van der Waals surface area (Å²) in [7, 11) is 0. The molecule has 70 valence electrons. The minimum Gasteiger partial charge on any atom is -0.335 e. The number of aromatic nitrogens is 2. The van der Waals surface area contributed by atoms with Gasteiger partial charge in [-0.2, -0.15) is 0 Å². The molecule has 1 aromatic rings. The largest absolute Gasteiger partial charge is 0.335 e. The summed E-state index contributed by atoms with van der Waals surface area (Å²) in [5.74, 6) is 4.04. The fourth-order valence-corrected chi connectivity index (χ4v) is 1.31. The number of H-pyrrole nitrogens is 1. The van der Waals surface area contributed by atoms with Gasteiger partial charge in [0.05, 0.1) is 6.20 Å². The number of nitrogens with zero attached hydrogens (tertiary/aromatic N) is 1. The molecule has 0 saturated heterocycles. The molecule has 0 saturated carbocycles. The van der Waals surface area contributed by atoms with E-state index in [0.717, 1.165) is 11.5 Å². The normalized spacial score (nSPS) is 12.4. The summed E-state index contributed by atoms with van der Waals surface area (Å²) in [5.41, 5.74) is 0.776. The van der Waals surface area contributed by atoms with Crippen LogP contribution in [0.25, 0.3) is 0 Å². The van der Waals surface area contributed by atoms with E-state index in [1.807, 2.05) is 0 Å². The molecule has 2 nitrogen and oxygen atoms in total. The maximum Gasteiger partial charge on any atom is 0.109 e. The quantitative estimate of drug-likeness (QED) is 0.702. The molecule has 1 aromatic heterocycles. The Labute approximate surface area is 79.8 Å². The molecule has 0 spiro atoms. The van der Waals surface area contributed by atoms with Crippen LogP contribution in [0.2, 0.25) is 0 Å². The number of imidazole rings is 1. The summed E-state index contributed by atoms with van der Waals surface area (Å²) >= 11 is 0. The number of terminal acetylenes is 1. The smallest absolute Gasteiger partial charge is 0.109 e. The predicted octanol–water partition coefficient (Wildman–Crippen LogP) is 2.68. The molecule has 0 aliphatic rings. The van der Waals surface area contributed by atoms with E-state index in [4.69, 9.17) is 6.42 Å². The fourth-order valence-electron chi connectivity index (χ4n) is 1.31. The van der Waals surface area contributed by atoms with Crippen molar-refractivity contribution in [2.75, 3.05) is 0 Å². The van der Waals surface area contributed by atoms with Gasteiger partial charge in [0, 0.05) is 5.92 Å². The zero-order valence-electron chi connectivity index (χ0n) is 8.30. The molecule has 0 bridgehead atoms. The number of nitrogens with one attached hydrogen (secondary N) is 1. The van der Waals surface area contributed by atoms with Crippen LogP contribution in [0.3, 0.4) is 0 Å². The molecular formula is C11H16N2. The van der Waals surface area contributed by atoms with Gasteiger partial charge >= 0.3 is 0 Å². The Morgan fingerprint density at radius 1 is 1.69 bits per heavy atom. The maximum atomic E-state index is 5.24. The van der Waals surface area contributed by atoms with E-state index in [1.165, 1.54) is 19.3 Å². The van der Waals surface area contributed by atoms with Crippen LogP contribution in [0.4, 0.5) is 0 Å². The van der Waals surface area contributed by atoms with Crippen molar-refractivity contribution in [1.82, 2.24) is 9.97 Å². The molecule has 0 radical (unpaired) electrons. The topological polar surface area (TPSA) is 28.7 Å². The Hall–Kier alpha value is -1.23. The van der Waals surface area contributed by atoms with E-state index in [-0.39, 0.29) is 0 Å². The van der Waals surface area contributed by atoms with E-state index < -0.39 is 0 Å². The Bertz CT molecular complexity index is 293. The summed E-state index contributed by atoms with van der Waals surface area (Å²) in [6.07, 6.45) is 10.6. The monoisotopic (exact) mass is 176 g/mol. The van der Waals surface area contributed by atoms with E-state index in [0.29, 0.717) is 5.92 Å². The first-order chi connectivity index (χ1) is 6.27. The van der Waals surface area contributed by atoms with Crippen molar-refractivity contribution in [3.8, 4) is 12.3 Å². The standard InChI is InChI=1S/C11H16N2/c1-4-6-7-9(3)11-12-8-10(5-2)13-11/h2,8-9H,4,6-7H2,1,3H3,(H,12,13)/t9-/m0/s1. The van der Waals surface area contributed by atoms with Gasteiger partial charge in [-0.05, 0) is 6.42 Å². The van der Waals surface area contributed by atoms with Gasteiger partial charge in [-0.3, -0.25) is 0 Å². The molecule has 0 amide bonds. The summed E-state index contributed by atoms with van der Waals surface area (Å²) in [6, 6.07) is 0. The van der Waals surface area contributed by atoms with Gasteiger partial charge in [0.2, 0.25) is 0 Å². The SMILES string of the molecule is C#Cc1cnc([C@@H](C)CCCC)[nH]1. The van der Waals surface area contributed by atoms with Gasteiger partial charge in [-0.15, -0.1) is 6.42 Å². The van der Waals surface area contributed by atoms with Crippen LogP contribution in [0.1, 0.15) is 50.5 Å². The second-order valence-electron chi connectivity index (χ2n) is 3.37. The third-order valence-electron chi connectivity index (χ3n) is 2.21. The number of aromatic amines is 1. The first-order valence-electron chi connectivity index (χ1n) is 4.79. The van der Waals surface area contributed by atoms with Crippen molar-refractivity contribution in [1.29, 1.82) is 0 Å². The van der Waals surface area contributed by atoms with E-state index in [2.05, 4.69) is 29.7 Å². The molecule has 1 atom stereocenters. The molecular weight excluding hydrogens is 160 g/mol. The van der Waals surface area contributed by atoms with E-state index in [9.17, 15) is 0 Å². The molecule has 1 N–H and O–H groups in total. The van der Waals surface area contributed by atoms with Gasteiger partial charge in [0.25, 0.3) is 0 Å². The van der Waals surface area contributed by atoms with Crippen LogP contribution in [0, 0.1) is 12.3 Å². The lowest BCUT2D eigenvalue weighted by Gasteiger charge is -2.06. The zero-order chi connectivity index (χ0) is 9.68. The molecule has 1 rings (SSSR count). The lowest BCUT2D eigenvalue weighted by atomic mass is 10.0. The highest BCUT2D eigenvalue weighted by Gasteiger charge is 2.07. The van der Waals surface area contributed by atoms with Crippen molar-refractivity contribution in [2.45, 2.75) is 39.0 Å². The van der Waals surface area contributed by atoms with E-state index >= 15 is 0 Å². The Balaban J connectivity index is 2.56. The molecule has 0 aromatic carbocycles. The summed E-state index contributed by atoms with van der Waals surface area (Å²) in [5, 5.41) is 0. The van der Waals surface area contributed by atoms with Gasteiger partial charge in [0.1, 0.15) is 11.5 Å². The maximum absolute atomic E-state index is 5.24. The second-order valence-corrected chi connectivity index (χ2v) is 3.37. The fraction of sp³-hybridized carbons (Fsp3) is 0.545. The number of unbranched alkanes of at least 4 members (excludes halogenated alkanes) is 1. The van der Waals surface area contributed by atoms with Crippen LogP contribution >= 0.6 is 0 Å². The number of hydrogen-bond acceptors (Lipinski definition) is 1. The molecule has 1 heterocycles. The first-order valence-corrected chi connectivity index (χ1v) is 4.79. The lowest BCUT2D eigenvalue weighted by molar-refractivity contribution is 0.600. The highest BCUT2D eigenvalue weighted by atomic mass is 14.9. The van der Waals surface area contributed by atoms with E-state index in [1.54, 1.807) is 6.20 Å². The minimum atomic E-state index is 0.488. The van der Waals surface area contributed by atoms with Crippen LogP contribution in [0.5, 0.6) is 0 Å². The van der Waals surface area contributed by atoms with Gasteiger partial charge < -0.3 is 4.98 Å². The Morgan fingerprint density at radius 3 is 3.00 bits per heavy atom. The highest BCUT2D eigenvalue weighted by molar-refractivity contribution is 5.22. The molecule has 0 fully saturated rings. The molecule has 0 aliphatic heterocycles. The van der Waals surface area contributed by atoms with Crippen molar-refractivity contribution < 1.29 is 0 Å². The van der Waals surface area contributed by atoms with Gasteiger partial charge in [-0.1, -0.05) is 32.6 Å². The van der Waals surface area contributed by atoms with Crippen LogP contribution in [0.15, 0.2) is 6.20 Å². The van der Waals surface area contributed by atoms with Crippen LogP contribution in [-0.4, -0.2) is 9.97 Å². The minimum absolute atomic E-state index is 0.488. The number of rotatable bonds is 4. The third-order valence-corrected chi connectivity index (χ3v) is 2.21. The predicted molar refractivity (Wildman–Crippen MR) is 54.5 cm³/mol. The number of hydrogen-bond donors (Lipinski definition) is 1. The Kier molecular flexibility index (Phi) is 3.57. The van der Waals surface area contributed by atoms with Gasteiger partial charge in [0.15, 0.2) is 0 Å². The average Bonchev–Trinajstić information content (AvgIpc) is 2.62. The first kappa shape index (κ1) is 9.85. The second kappa shape index (κ2) is 4.71. The van der Waals surface area contributed by atoms with Crippen molar-refractivity contribution >= 4 is 0 Å². The molecule has 13 heavy (non-hydrogen) atoms. The van der Waals surface area contributed by atoms with Crippen molar-refractivity contribution in [3.63, 3.8) is 0 Å². The van der Waals surface area contributed by atoms with Crippen molar-refractivity contribution in [3.05, 3.63) is 17.7 Å². The molecule has 0 unspecified atom stereocenters. The van der Waals surface area contributed by atoms with Crippen molar-refractivity contribution in [2.24, 2.45) is 0 Å². The average molecular weight is 176 g/mol. The lowest BCUT2D eigenvalue weighted by Crippen LogP contribution is -1.95. The zero-order valence-corrected chi connectivity index (χ0v) is 8.30. The Morgan fingerprint density at radius 2 is 2.46 bits per heavy atom. The summed E-state index contributed by atoms with van der Waals surface area (Å²) in [6.45, 7) is 4.37. The van der Waals surface area contributed by atoms with Crippen LogP contribution in [-0.2, 0) is 0 Å².